The second-order valence-electron chi connectivity index (χ2n) is 4.59. The van der Waals surface area contributed by atoms with Crippen molar-refractivity contribution in [2.45, 2.75) is 19.4 Å². The number of amides is 1. The normalized spacial score (nSPS) is 10.2. The van der Waals surface area contributed by atoms with Crippen LogP contribution in [0.5, 0.6) is 5.75 Å². The van der Waals surface area contributed by atoms with Crippen LogP contribution in [0.3, 0.4) is 0 Å². The molecular formula is C16H18N2O3. The fourth-order valence-electron chi connectivity index (χ4n) is 1.94. The van der Waals surface area contributed by atoms with E-state index in [1.807, 2.05) is 24.3 Å². The van der Waals surface area contributed by atoms with Crippen molar-refractivity contribution in [1.29, 1.82) is 0 Å². The molecule has 2 aromatic rings. The van der Waals surface area contributed by atoms with Gasteiger partial charge in [0.2, 0.25) is 5.91 Å². The highest BCUT2D eigenvalue weighted by molar-refractivity contribution is 5.91. The summed E-state index contributed by atoms with van der Waals surface area (Å²) >= 11 is 0. The fraction of sp³-hybridized carbons (Fsp3) is 0.250. The highest BCUT2D eigenvalue weighted by atomic mass is 16.5. The van der Waals surface area contributed by atoms with Crippen molar-refractivity contribution in [3.8, 4) is 5.75 Å². The molecule has 21 heavy (non-hydrogen) atoms. The molecule has 0 saturated heterocycles. The Morgan fingerprint density at radius 2 is 2.05 bits per heavy atom. The van der Waals surface area contributed by atoms with Gasteiger partial charge in [0.15, 0.2) is 0 Å². The van der Waals surface area contributed by atoms with E-state index in [1.54, 1.807) is 19.4 Å². The van der Waals surface area contributed by atoms with E-state index in [2.05, 4.69) is 10.3 Å². The molecule has 2 rings (SSSR count). The first-order valence-corrected chi connectivity index (χ1v) is 6.69. The van der Waals surface area contributed by atoms with Gasteiger partial charge in [-0.1, -0.05) is 12.1 Å². The standard InChI is InChI=1S/C16H18N2O3/c1-21-14-5-2-12(3-6-14)4-7-16(20)18-15-10-17-9-8-13(15)11-19/h2-3,5-6,8-10,19H,4,7,11H2,1H3,(H,18,20). The summed E-state index contributed by atoms with van der Waals surface area (Å²) < 4.78 is 5.09. The van der Waals surface area contributed by atoms with Gasteiger partial charge in [-0.2, -0.15) is 0 Å². The van der Waals surface area contributed by atoms with Crippen LogP contribution in [0.25, 0.3) is 0 Å². The maximum Gasteiger partial charge on any atom is 0.224 e. The van der Waals surface area contributed by atoms with Crippen molar-refractivity contribution in [2.24, 2.45) is 0 Å². The van der Waals surface area contributed by atoms with Crippen molar-refractivity contribution in [2.75, 3.05) is 12.4 Å². The van der Waals surface area contributed by atoms with Crippen molar-refractivity contribution in [3.05, 3.63) is 53.9 Å². The van der Waals surface area contributed by atoms with E-state index < -0.39 is 0 Å². The number of aliphatic hydroxyl groups excluding tert-OH is 1. The molecule has 0 unspecified atom stereocenters. The summed E-state index contributed by atoms with van der Waals surface area (Å²) in [5.41, 5.74) is 2.28. The van der Waals surface area contributed by atoms with E-state index in [0.29, 0.717) is 24.1 Å². The Morgan fingerprint density at radius 1 is 1.29 bits per heavy atom. The van der Waals surface area contributed by atoms with Crippen LogP contribution in [0.15, 0.2) is 42.7 Å². The summed E-state index contributed by atoms with van der Waals surface area (Å²) in [5, 5.41) is 12.0. The van der Waals surface area contributed by atoms with Gasteiger partial charge in [0, 0.05) is 18.2 Å². The van der Waals surface area contributed by atoms with Gasteiger partial charge < -0.3 is 15.2 Å². The van der Waals surface area contributed by atoms with Crippen LogP contribution in [0, 0.1) is 0 Å². The number of pyridine rings is 1. The minimum Gasteiger partial charge on any atom is -0.497 e. The monoisotopic (exact) mass is 286 g/mol. The quantitative estimate of drug-likeness (QED) is 0.853. The number of rotatable bonds is 6. The number of carbonyl (C=O) groups is 1. The van der Waals surface area contributed by atoms with E-state index in [4.69, 9.17) is 4.74 Å². The zero-order valence-electron chi connectivity index (χ0n) is 11.9. The third kappa shape index (κ3) is 4.29. The molecule has 5 heteroatoms. The summed E-state index contributed by atoms with van der Waals surface area (Å²) in [7, 11) is 1.62. The number of hydrogen-bond acceptors (Lipinski definition) is 4. The van der Waals surface area contributed by atoms with E-state index in [9.17, 15) is 9.90 Å². The number of aryl methyl sites for hydroxylation is 1. The number of ether oxygens (including phenoxy) is 1. The van der Waals surface area contributed by atoms with Crippen LogP contribution in [0.1, 0.15) is 17.5 Å². The highest BCUT2D eigenvalue weighted by Crippen LogP contribution is 2.15. The Kier molecular flexibility index (Phi) is 5.29. The largest absolute Gasteiger partial charge is 0.497 e. The molecule has 0 spiro atoms. The minimum absolute atomic E-state index is 0.103. The number of hydrogen-bond donors (Lipinski definition) is 2. The van der Waals surface area contributed by atoms with Crippen LogP contribution < -0.4 is 10.1 Å². The molecular weight excluding hydrogens is 268 g/mol. The molecule has 1 heterocycles. The number of aliphatic hydroxyl groups is 1. The topological polar surface area (TPSA) is 71.5 Å². The second kappa shape index (κ2) is 7.40. The van der Waals surface area contributed by atoms with Crippen molar-refractivity contribution >= 4 is 11.6 Å². The number of nitrogens with zero attached hydrogens (tertiary/aromatic N) is 1. The van der Waals surface area contributed by atoms with E-state index in [1.165, 1.54) is 6.20 Å². The number of benzene rings is 1. The third-order valence-electron chi connectivity index (χ3n) is 3.16. The number of anilines is 1. The predicted octanol–water partition coefficient (Wildman–Crippen LogP) is 2.15. The van der Waals surface area contributed by atoms with Crippen LogP contribution in [0.2, 0.25) is 0 Å². The molecule has 0 atom stereocenters. The molecule has 0 radical (unpaired) electrons. The lowest BCUT2D eigenvalue weighted by Crippen LogP contribution is -2.14. The maximum absolute atomic E-state index is 11.9. The first-order valence-electron chi connectivity index (χ1n) is 6.69. The van der Waals surface area contributed by atoms with Crippen LogP contribution in [-0.2, 0) is 17.8 Å². The minimum atomic E-state index is -0.128. The van der Waals surface area contributed by atoms with Crippen LogP contribution >= 0.6 is 0 Å². The lowest BCUT2D eigenvalue weighted by molar-refractivity contribution is -0.116. The molecule has 1 amide bonds. The fourth-order valence-corrected chi connectivity index (χ4v) is 1.94. The highest BCUT2D eigenvalue weighted by Gasteiger charge is 2.07. The van der Waals surface area contributed by atoms with Crippen molar-refractivity contribution < 1.29 is 14.6 Å². The first kappa shape index (κ1) is 15.0. The van der Waals surface area contributed by atoms with Gasteiger partial charge in [-0.3, -0.25) is 9.78 Å². The van der Waals surface area contributed by atoms with E-state index >= 15 is 0 Å². The number of carbonyl (C=O) groups excluding carboxylic acids is 1. The van der Waals surface area contributed by atoms with Gasteiger partial charge in [-0.25, -0.2) is 0 Å². The Balaban J connectivity index is 1.89. The molecule has 5 nitrogen and oxygen atoms in total. The molecule has 0 aliphatic heterocycles. The summed E-state index contributed by atoms with van der Waals surface area (Å²) in [5.74, 6) is 0.694. The predicted molar refractivity (Wildman–Crippen MR) is 80.1 cm³/mol. The molecule has 2 N–H and O–H groups in total. The smallest absolute Gasteiger partial charge is 0.224 e. The van der Waals surface area contributed by atoms with E-state index in [-0.39, 0.29) is 12.5 Å². The van der Waals surface area contributed by atoms with Crippen LogP contribution in [0.4, 0.5) is 5.69 Å². The molecule has 0 bridgehead atoms. The summed E-state index contributed by atoms with van der Waals surface area (Å²) in [6.07, 6.45) is 4.13. The number of nitrogens with one attached hydrogen (secondary N) is 1. The zero-order valence-corrected chi connectivity index (χ0v) is 11.9. The zero-order chi connectivity index (χ0) is 15.1. The molecule has 1 aromatic carbocycles. The van der Waals surface area contributed by atoms with Gasteiger partial charge in [-0.05, 0) is 30.2 Å². The van der Waals surface area contributed by atoms with Gasteiger partial charge in [0.25, 0.3) is 0 Å². The molecule has 1 aromatic heterocycles. The Bertz CT molecular complexity index is 597. The van der Waals surface area contributed by atoms with Gasteiger partial charge >= 0.3 is 0 Å². The molecule has 0 aliphatic carbocycles. The molecule has 0 saturated carbocycles. The molecule has 110 valence electrons. The summed E-state index contributed by atoms with van der Waals surface area (Å²) in [4.78, 5) is 15.9. The average molecular weight is 286 g/mol. The van der Waals surface area contributed by atoms with E-state index in [0.717, 1.165) is 11.3 Å². The molecule has 0 aliphatic rings. The average Bonchev–Trinajstić information content (AvgIpc) is 2.54. The lowest BCUT2D eigenvalue weighted by Gasteiger charge is -2.09. The van der Waals surface area contributed by atoms with Gasteiger partial charge in [-0.15, -0.1) is 0 Å². The summed E-state index contributed by atoms with van der Waals surface area (Å²) in [6.45, 7) is -0.128. The Morgan fingerprint density at radius 3 is 2.71 bits per heavy atom. The lowest BCUT2D eigenvalue weighted by atomic mass is 10.1. The summed E-state index contributed by atoms with van der Waals surface area (Å²) in [6, 6.07) is 9.31. The van der Waals surface area contributed by atoms with Crippen molar-refractivity contribution in [3.63, 3.8) is 0 Å². The Hall–Kier alpha value is -2.40. The first-order chi connectivity index (χ1) is 10.2. The third-order valence-corrected chi connectivity index (χ3v) is 3.16. The van der Waals surface area contributed by atoms with Crippen LogP contribution in [-0.4, -0.2) is 23.1 Å². The van der Waals surface area contributed by atoms with Gasteiger partial charge in [0.05, 0.1) is 25.6 Å². The second-order valence-corrected chi connectivity index (χ2v) is 4.59. The van der Waals surface area contributed by atoms with Gasteiger partial charge in [0.1, 0.15) is 5.75 Å². The molecule has 0 fully saturated rings. The SMILES string of the molecule is COc1ccc(CCC(=O)Nc2cnccc2CO)cc1. The Labute approximate surface area is 123 Å². The number of aromatic nitrogens is 1. The number of methoxy groups -OCH3 is 1. The maximum atomic E-state index is 11.9. The van der Waals surface area contributed by atoms with Crippen molar-refractivity contribution in [1.82, 2.24) is 4.98 Å².